The quantitative estimate of drug-likeness (QED) is 0.0834. The zero-order valence-corrected chi connectivity index (χ0v) is 25.2. The topological polar surface area (TPSA) is 111 Å². The van der Waals surface area contributed by atoms with Crippen LogP contribution >= 0.6 is 23.5 Å². The molecule has 4 aromatic carbocycles. The lowest BCUT2D eigenvalue weighted by Crippen LogP contribution is -2.48. The third kappa shape index (κ3) is 9.76. The van der Waals surface area contributed by atoms with Crippen LogP contribution in [-0.2, 0) is 19.1 Å². The summed E-state index contributed by atoms with van der Waals surface area (Å²) >= 11 is 2.20. The van der Waals surface area contributed by atoms with Crippen molar-refractivity contribution < 1.29 is 28.7 Å². The second kappa shape index (κ2) is 14.6. The number of benzene rings is 4. The molecule has 4 aromatic rings. The number of amides is 2. The highest BCUT2D eigenvalue weighted by molar-refractivity contribution is 8.00. The van der Waals surface area contributed by atoms with E-state index < -0.39 is 40.3 Å². The lowest BCUT2D eigenvalue weighted by molar-refractivity contribution is -0.163. The Labute approximate surface area is 258 Å². The summed E-state index contributed by atoms with van der Waals surface area (Å²) in [6.45, 7) is 3.06. The lowest BCUT2D eigenvalue weighted by Gasteiger charge is -2.31. The minimum Gasteiger partial charge on any atom is -0.429 e. The van der Waals surface area contributed by atoms with Gasteiger partial charge in [0, 0.05) is 34.8 Å². The molecule has 0 heterocycles. The maximum Gasteiger partial charge on any atom is 0.319 e. The van der Waals surface area contributed by atoms with Crippen LogP contribution in [0, 0.1) is 0 Å². The molecule has 0 aromatic heterocycles. The van der Waals surface area contributed by atoms with Gasteiger partial charge in [-0.25, -0.2) is 0 Å². The van der Waals surface area contributed by atoms with Crippen molar-refractivity contribution in [1.82, 2.24) is 10.6 Å². The molecule has 0 radical (unpaired) electrons. The van der Waals surface area contributed by atoms with Crippen molar-refractivity contribution in [3.8, 4) is 0 Å². The van der Waals surface area contributed by atoms with Crippen LogP contribution in [0.15, 0.2) is 131 Å². The van der Waals surface area contributed by atoms with Gasteiger partial charge in [0.2, 0.25) is 10.1 Å². The SMILES string of the molecule is CC(NC(=O)c1ccccc1)(OC(=O)CC(=O)OC(C)(NC(=O)c1ccccc1)Sc1ccccc1)Sc1ccccc1. The number of hydrogen-bond donors (Lipinski definition) is 2. The zero-order valence-electron chi connectivity index (χ0n) is 23.5. The molecule has 8 nitrogen and oxygen atoms in total. The van der Waals surface area contributed by atoms with E-state index in [2.05, 4.69) is 10.6 Å². The van der Waals surface area contributed by atoms with Gasteiger partial charge in [-0.3, -0.25) is 19.2 Å². The van der Waals surface area contributed by atoms with Gasteiger partial charge in [0.05, 0.1) is 0 Å². The van der Waals surface area contributed by atoms with Gasteiger partial charge in [-0.1, -0.05) is 96.3 Å². The summed E-state index contributed by atoms with van der Waals surface area (Å²) in [5.74, 6) is -2.77. The Morgan fingerprint density at radius 2 is 0.837 bits per heavy atom. The number of ether oxygens (including phenoxy) is 2. The summed E-state index contributed by atoms with van der Waals surface area (Å²) in [6, 6.07) is 35.2. The maximum atomic E-state index is 13.1. The first-order valence-corrected chi connectivity index (χ1v) is 14.9. The predicted molar refractivity (Wildman–Crippen MR) is 166 cm³/mol. The Morgan fingerprint density at radius 1 is 0.535 bits per heavy atom. The van der Waals surface area contributed by atoms with E-state index in [1.54, 1.807) is 84.9 Å². The molecule has 0 aliphatic carbocycles. The summed E-state index contributed by atoms with van der Waals surface area (Å²) in [7, 11) is 0. The Kier molecular flexibility index (Phi) is 10.6. The van der Waals surface area contributed by atoms with Crippen molar-refractivity contribution in [1.29, 1.82) is 0 Å². The van der Waals surface area contributed by atoms with E-state index in [9.17, 15) is 19.2 Å². The molecule has 0 fully saturated rings. The highest BCUT2D eigenvalue weighted by Gasteiger charge is 2.36. The summed E-state index contributed by atoms with van der Waals surface area (Å²) in [6.07, 6.45) is -0.766. The Hall–Kier alpha value is -4.54. The van der Waals surface area contributed by atoms with Crippen molar-refractivity contribution >= 4 is 47.3 Å². The van der Waals surface area contributed by atoms with Gasteiger partial charge < -0.3 is 20.1 Å². The van der Waals surface area contributed by atoms with Crippen LogP contribution < -0.4 is 10.6 Å². The van der Waals surface area contributed by atoms with E-state index >= 15 is 0 Å². The van der Waals surface area contributed by atoms with Crippen LogP contribution in [-0.4, -0.2) is 33.9 Å². The first-order chi connectivity index (χ1) is 20.6. The van der Waals surface area contributed by atoms with Gasteiger partial charge >= 0.3 is 11.9 Å². The second-order valence-corrected chi connectivity index (χ2v) is 12.4. The summed E-state index contributed by atoms with van der Waals surface area (Å²) in [4.78, 5) is 53.6. The maximum absolute atomic E-state index is 13.1. The predicted octanol–water partition coefficient (Wildman–Crippen LogP) is 6.25. The van der Waals surface area contributed by atoms with Crippen LogP contribution in [0.1, 0.15) is 41.0 Å². The van der Waals surface area contributed by atoms with Crippen molar-refractivity contribution in [3.63, 3.8) is 0 Å². The Balaban J connectivity index is 1.48. The fraction of sp³-hybridized carbons (Fsp3) is 0.152. The molecule has 0 saturated carbocycles. The Bertz CT molecular complexity index is 1420. The molecule has 0 saturated heterocycles. The van der Waals surface area contributed by atoms with E-state index in [-0.39, 0.29) is 0 Å². The molecular weight excluding hydrogens is 585 g/mol. The number of hydrogen-bond acceptors (Lipinski definition) is 8. The third-order valence-corrected chi connectivity index (χ3v) is 7.94. The zero-order chi connectivity index (χ0) is 30.7. The van der Waals surface area contributed by atoms with Crippen molar-refractivity contribution in [2.24, 2.45) is 0 Å². The number of rotatable bonds is 12. The molecule has 220 valence electrons. The minimum atomic E-state index is -1.56. The Morgan fingerprint density at radius 3 is 1.16 bits per heavy atom. The molecule has 2 amide bonds. The third-order valence-electron chi connectivity index (χ3n) is 5.77. The van der Waals surface area contributed by atoms with Crippen molar-refractivity contribution in [2.75, 3.05) is 0 Å². The molecule has 0 spiro atoms. The van der Waals surface area contributed by atoms with Gasteiger partial charge in [-0.05, 0) is 48.5 Å². The molecule has 2 atom stereocenters. The summed E-state index contributed by atoms with van der Waals surface area (Å²) in [5, 5.41) is 2.39. The number of thioether (sulfide) groups is 2. The van der Waals surface area contributed by atoms with Gasteiger partial charge in [0.25, 0.3) is 11.8 Å². The van der Waals surface area contributed by atoms with Crippen molar-refractivity contribution in [3.05, 3.63) is 132 Å². The highest BCUT2D eigenvalue weighted by Crippen LogP contribution is 2.34. The number of nitrogens with one attached hydrogen (secondary N) is 2. The van der Waals surface area contributed by atoms with Crippen LogP contribution in [0.3, 0.4) is 0 Å². The van der Waals surface area contributed by atoms with Crippen LogP contribution in [0.4, 0.5) is 0 Å². The van der Waals surface area contributed by atoms with E-state index in [1.165, 1.54) is 13.8 Å². The van der Waals surface area contributed by atoms with E-state index in [0.29, 0.717) is 11.1 Å². The number of esters is 2. The van der Waals surface area contributed by atoms with Crippen LogP contribution in [0.5, 0.6) is 0 Å². The van der Waals surface area contributed by atoms with Gasteiger partial charge in [0.15, 0.2) is 0 Å². The molecule has 4 rings (SSSR count). The van der Waals surface area contributed by atoms with E-state index in [0.717, 1.165) is 33.3 Å². The monoisotopic (exact) mass is 614 g/mol. The fourth-order valence-corrected chi connectivity index (χ4v) is 5.97. The first kappa shape index (κ1) is 31.4. The largest absolute Gasteiger partial charge is 0.429 e. The molecule has 2 N–H and O–H groups in total. The first-order valence-electron chi connectivity index (χ1n) is 13.3. The van der Waals surface area contributed by atoms with Gasteiger partial charge in [0.1, 0.15) is 6.42 Å². The van der Waals surface area contributed by atoms with Crippen LogP contribution in [0.25, 0.3) is 0 Å². The average molecular weight is 615 g/mol. The van der Waals surface area contributed by atoms with Crippen molar-refractivity contribution in [2.45, 2.75) is 40.2 Å². The minimum absolute atomic E-state index is 0.376. The molecular formula is C33H30N2O6S2. The van der Waals surface area contributed by atoms with E-state index in [1.807, 2.05) is 36.4 Å². The number of carbonyl (C=O) groups is 4. The average Bonchev–Trinajstić information content (AvgIpc) is 2.98. The molecule has 0 aliphatic heterocycles. The molecule has 0 bridgehead atoms. The molecule has 43 heavy (non-hydrogen) atoms. The fourth-order valence-electron chi connectivity index (χ4n) is 3.93. The summed E-state index contributed by atoms with van der Waals surface area (Å²) in [5.41, 5.74) is 0.751. The van der Waals surface area contributed by atoms with Gasteiger partial charge in [-0.15, -0.1) is 0 Å². The van der Waals surface area contributed by atoms with Crippen LogP contribution in [0.2, 0.25) is 0 Å². The standard InChI is InChI=1S/C33H30N2O6S2/c1-32(42-26-19-11-5-12-20-26,34-30(38)24-15-7-3-8-16-24)40-28(36)23-29(37)41-33(2,43-27-21-13-6-14-22-27)35-31(39)25-17-9-4-10-18-25/h3-22H,23H2,1-2H3,(H,34,38)(H,35,39). The van der Waals surface area contributed by atoms with E-state index in [4.69, 9.17) is 9.47 Å². The summed E-state index contributed by atoms with van der Waals surface area (Å²) < 4.78 is 11.4. The molecule has 10 heteroatoms. The highest BCUT2D eigenvalue weighted by atomic mass is 32.2. The molecule has 0 aliphatic rings. The number of carbonyl (C=O) groups excluding carboxylic acids is 4. The molecule has 2 unspecified atom stereocenters. The van der Waals surface area contributed by atoms with Gasteiger partial charge in [-0.2, -0.15) is 0 Å². The second-order valence-electron chi connectivity index (χ2n) is 9.49. The smallest absolute Gasteiger partial charge is 0.319 e. The lowest BCUT2D eigenvalue weighted by atomic mass is 10.2. The normalized spacial score (nSPS) is 13.4.